The summed E-state index contributed by atoms with van der Waals surface area (Å²) in [5.41, 5.74) is 2.04. The number of likely N-dealkylation sites (tertiary alicyclic amines) is 1. The third-order valence-electron chi connectivity index (χ3n) is 6.74. The normalized spacial score (nSPS) is 21.0. The average Bonchev–Trinajstić information content (AvgIpc) is 3.38. The number of amides is 2. The van der Waals surface area contributed by atoms with Crippen LogP contribution in [0, 0.1) is 11.7 Å². The number of nitrogens with zero attached hydrogens (tertiary/aromatic N) is 3. The first kappa shape index (κ1) is 22.8. The smallest absolute Gasteiger partial charge is 0.290 e. The van der Waals surface area contributed by atoms with Crippen molar-refractivity contribution in [2.24, 2.45) is 5.92 Å². The Morgan fingerprint density at radius 1 is 1.30 bits per heavy atom. The standard InChI is InChI=1S/C22H25FN4O3.CH2O2/c1-30-18-7-3-6-16(23)19(18)21(28)26-9-8-15-17(12-26)24-25-20(15)22(29)27-11-13-4-2-5-14(27)10-13;2-1-3/h3,6-7,13-14H,2,4-5,8-12H2,1H3,(H,24,25);1H,(H,2,3)/t13-,14+;/m1./s1. The number of rotatable bonds is 3. The fourth-order valence-corrected chi connectivity index (χ4v) is 5.23. The quantitative estimate of drug-likeness (QED) is 0.683. The van der Waals surface area contributed by atoms with Crippen LogP contribution in [0.5, 0.6) is 5.75 Å². The minimum Gasteiger partial charge on any atom is -0.496 e. The number of nitrogens with one attached hydrogen (secondary N) is 1. The van der Waals surface area contributed by atoms with Gasteiger partial charge in [0.2, 0.25) is 0 Å². The Kier molecular flexibility index (Phi) is 6.62. The van der Waals surface area contributed by atoms with Crippen LogP contribution < -0.4 is 4.74 Å². The molecule has 3 aliphatic rings. The minimum atomic E-state index is -0.606. The number of aromatic amines is 1. The van der Waals surface area contributed by atoms with E-state index >= 15 is 0 Å². The van der Waals surface area contributed by atoms with Crippen molar-refractivity contribution in [2.75, 3.05) is 20.2 Å². The molecule has 0 radical (unpaired) electrons. The Morgan fingerprint density at radius 3 is 2.82 bits per heavy atom. The maximum absolute atomic E-state index is 14.3. The first-order valence-electron chi connectivity index (χ1n) is 11.0. The van der Waals surface area contributed by atoms with Gasteiger partial charge in [-0.2, -0.15) is 5.10 Å². The molecule has 2 N–H and O–H groups in total. The summed E-state index contributed by atoms with van der Waals surface area (Å²) < 4.78 is 19.5. The van der Waals surface area contributed by atoms with Crippen molar-refractivity contribution in [1.82, 2.24) is 20.0 Å². The van der Waals surface area contributed by atoms with Crippen LogP contribution in [0.3, 0.4) is 0 Å². The van der Waals surface area contributed by atoms with Crippen LogP contribution in [0.1, 0.15) is 57.8 Å². The van der Waals surface area contributed by atoms with Gasteiger partial charge in [0.25, 0.3) is 18.3 Å². The van der Waals surface area contributed by atoms with Crippen molar-refractivity contribution in [3.8, 4) is 5.75 Å². The molecule has 5 rings (SSSR count). The minimum absolute atomic E-state index is 0.00236. The van der Waals surface area contributed by atoms with E-state index in [1.165, 1.54) is 32.1 Å². The van der Waals surface area contributed by atoms with Gasteiger partial charge in [0.1, 0.15) is 17.1 Å². The van der Waals surface area contributed by atoms with E-state index in [4.69, 9.17) is 14.6 Å². The number of hydrogen-bond donors (Lipinski definition) is 2. The van der Waals surface area contributed by atoms with E-state index in [0.717, 1.165) is 30.6 Å². The van der Waals surface area contributed by atoms with Crippen LogP contribution in [0.15, 0.2) is 18.2 Å². The first-order valence-corrected chi connectivity index (χ1v) is 11.0. The molecule has 2 aliphatic heterocycles. The highest BCUT2D eigenvalue weighted by Gasteiger charge is 2.40. The lowest BCUT2D eigenvalue weighted by Gasteiger charge is -2.28. The number of ether oxygens (including phenoxy) is 1. The molecule has 1 aromatic carbocycles. The Morgan fingerprint density at radius 2 is 2.09 bits per heavy atom. The summed E-state index contributed by atoms with van der Waals surface area (Å²) >= 11 is 0. The van der Waals surface area contributed by atoms with Crippen LogP contribution in [0.4, 0.5) is 4.39 Å². The Balaban J connectivity index is 0.000000821. The third kappa shape index (κ3) is 4.29. The van der Waals surface area contributed by atoms with Crippen molar-refractivity contribution in [1.29, 1.82) is 0 Å². The van der Waals surface area contributed by atoms with Gasteiger partial charge in [-0.05, 0) is 43.7 Å². The van der Waals surface area contributed by atoms with Gasteiger partial charge >= 0.3 is 0 Å². The maximum Gasteiger partial charge on any atom is 0.290 e. The molecule has 2 bridgehead atoms. The number of H-pyrrole nitrogens is 1. The number of carbonyl (C=O) groups excluding carboxylic acids is 2. The molecule has 33 heavy (non-hydrogen) atoms. The van der Waals surface area contributed by atoms with E-state index < -0.39 is 11.7 Å². The van der Waals surface area contributed by atoms with Gasteiger partial charge in [-0.3, -0.25) is 19.5 Å². The van der Waals surface area contributed by atoms with E-state index in [-0.39, 0.29) is 30.2 Å². The predicted molar refractivity (Wildman–Crippen MR) is 115 cm³/mol. The van der Waals surface area contributed by atoms with E-state index in [2.05, 4.69) is 10.2 Å². The molecule has 1 aromatic heterocycles. The van der Waals surface area contributed by atoms with Crippen molar-refractivity contribution >= 4 is 18.3 Å². The van der Waals surface area contributed by atoms with Crippen molar-refractivity contribution in [3.63, 3.8) is 0 Å². The molecule has 176 valence electrons. The van der Waals surface area contributed by atoms with E-state index in [1.54, 1.807) is 11.0 Å². The molecule has 2 fully saturated rings. The number of carbonyl (C=O) groups is 3. The topological polar surface area (TPSA) is 116 Å². The van der Waals surface area contributed by atoms with Gasteiger partial charge in [0.05, 0.1) is 19.3 Å². The fraction of sp³-hybridized carbons (Fsp3) is 0.478. The predicted octanol–water partition coefficient (Wildman–Crippen LogP) is 2.47. The number of halogens is 1. The molecule has 3 heterocycles. The van der Waals surface area contributed by atoms with Crippen LogP contribution in [-0.2, 0) is 17.8 Å². The number of benzene rings is 1. The summed E-state index contributed by atoms with van der Waals surface area (Å²) in [6.45, 7) is 1.23. The molecule has 2 aromatic rings. The maximum atomic E-state index is 14.3. The van der Waals surface area contributed by atoms with Crippen LogP contribution >= 0.6 is 0 Å². The number of carboxylic acid groups (broad SMARTS) is 1. The zero-order valence-corrected chi connectivity index (χ0v) is 18.4. The number of aromatic nitrogens is 2. The molecule has 2 atom stereocenters. The summed E-state index contributed by atoms with van der Waals surface area (Å²) in [6.07, 6.45) is 5.08. The molecular weight excluding hydrogens is 431 g/mol. The van der Waals surface area contributed by atoms with Crippen molar-refractivity contribution < 1.29 is 28.6 Å². The molecule has 0 unspecified atom stereocenters. The molecule has 1 aliphatic carbocycles. The third-order valence-corrected chi connectivity index (χ3v) is 6.74. The molecule has 9 nitrogen and oxygen atoms in total. The summed E-state index contributed by atoms with van der Waals surface area (Å²) in [5.74, 6) is -0.201. The van der Waals surface area contributed by atoms with E-state index in [1.807, 2.05) is 4.90 Å². The first-order chi connectivity index (χ1) is 16.0. The highest BCUT2D eigenvalue weighted by atomic mass is 19.1. The van der Waals surface area contributed by atoms with Gasteiger partial charge in [-0.15, -0.1) is 0 Å². The van der Waals surface area contributed by atoms with Gasteiger partial charge < -0.3 is 19.6 Å². The molecule has 10 heteroatoms. The number of hydrogen-bond acceptors (Lipinski definition) is 5. The molecule has 1 saturated carbocycles. The highest BCUT2D eigenvalue weighted by Crippen LogP contribution is 2.36. The lowest BCUT2D eigenvalue weighted by Crippen LogP contribution is -2.38. The van der Waals surface area contributed by atoms with Gasteiger partial charge in [0, 0.05) is 24.7 Å². The second kappa shape index (κ2) is 9.60. The van der Waals surface area contributed by atoms with Crippen molar-refractivity contribution in [2.45, 2.75) is 44.7 Å². The number of fused-ring (bicyclic) bond motifs is 3. The Bertz CT molecular complexity index is 1060. The summed E-state index contributed by atoms with van der Waals surface area (Å²) in [5, 5.41) is 14.2. The molecule has 0 spiro atoms. The molecule has 2 amide bonds. The largest absolute Gasteiger partial charge is 0.496 e. The molecular formula is C23H27FN4O5. The molecule has 1 saturated heterocycles. The van der Waals surface area contributed by atoms with Gasteiger partial charge in [-0.1, -0.05) is 12.5 Å². The van der Waals surface area contributed by atoms with Crippen LogP contribution in [0.2, 0.25) is 0 Å². The van der Waals surface area contributed by atoms with E-state index in [0.29, 0.717) is 30.6 Å². The monoisotopic (exact) mass is 458 g/mol. The lowest BCUT2D eigenvalue weighted by atomic mass is 9.90. The summed E-state index contributed by atoms with van der Waals surface area (Å²) in [6, 6.07) is 4.67. The SMILES string of the molecule is COc1cccc(F)c1C(=O)N1CCc2c(C(=O)N3C[C@@H]4CCC[C@H]3C4)n[nH]c2C1.O=CO. The second-order valence-corrected chi connectivity index (χ2v) is 8.57. The van der Waals surface area contributed by atoms with Crippen LogP contribution in [-0.4, -0.2) is 69.6 Å². The summed E-state index contributed by atoms with van der Waals surface area (Å²) in [7, 11) is 1.42. The summed E-state index contributed by atoms with van der Waals surface area (Å²) in [4.78, 5) is 38.1. The highest BCUT2D eigenvalue weighted by molar-refractivity contribution is 5.98. The van der Waals surface area contributed by atoms with Gasteiger partial charge in [-0.25, -0.2) is 4.39 Å². The van der Waals surface area contributed by atoms with E-state index in [9.17, 15) is 14.0 Å². The average molecular weight is 458 g/mol. The lowest BCUT2D eigenvalue weighted by molar-refractivity contribution is -0.122. The number of methoxy groups -OCH3 is 1. The van der Waals surface area contributed by atoms with Crippen molar-refractivity contribution in [3.05, 3.63) is 46.5 Å². The zero-order chi connectivity index (χ0) is 23.5. The fourth-order valence-electron chi connectivity index (χ4n) is 5.23. The van der Waals surface area contributed by atoms with Gasteiger partial charge in [0.15, 0.2) is 5.69 Å². The Labute approximate surface area is 190 Å². The Hall–Kier alpha value is -3.43. The zero-order valence-electron chi connectivity index (χ0n) is 18.4. The second-order valence-electron chi connectivity index (χ2n) is 8.57. The van der Waals surface area contributed by atoms with Crippen LogP contribution in [0.25, 0.3) is 0 Å².